The summed E-state index contributed by atoms with van der Waals surface area (Å²) in [6.45, 7) is 6.01. The van der Waals surface area contributed by atoms with E-state index in [0.29, 0.717) is 5.56 Å². The highest BCUT2D eigenvalue weighted by Crippen LogP contribution is 2.30. The van der Waals surface area contributed by atoms with Gasteiger partial charge >= 0.3 is 12.6 Å². The molecular weight excluding hydrogens is 396 g/mol. The van der Waals surface area contributed by atoms with Crippen molar-refractivity contribution in [1.29, 1.82) is 0 Å². The van der Waals surface area contributed by atoms with Crippen LogP contribution in [0, 0.1) is 0 Å². The van der Waals surface area contributed by atoms with Crippen LogP contribution >= 0.6 is 0 Å². The Kier molecular flexibility index (Phi) is 7.39. The van der Waals surface area contributed by atoms with Crippen molar-refractivity contribution in [2.75, 3.05) is 6.54 Å². The van der Waals surface area contributed by atoms with Gasteiger partial charge in [-0.25, -0.2) is 4.79 Å². The second kappa shape index (κ2) is 9.40. The molecule has 3 atom stereocenters. The smallest absolute Gasteiger partial charge is 0.387 e. The van der Waals surface area contributed by atoms with E-state index in [1.54, 1.807) is 4.90 Å². The number of alkyl halides is 2. The van der Waals surface area contributed by atoms with Crippen LogP contribution in [0.5, 0.6) is 5.75 Å². The zero-order chi connectivity index (χ0) is 22.6. The Bertz CT molecular complexity index is 777. The van der Waals surface area contributed by atoms with E-state index < -0.39 is 24.1 Å². The largest absolute Gasteiger partial charge is 0.435 e. The van der Waals surface area contributed by atoms with Gasteiger partial charge in [-0.2, -0.15) is 8.78 Å². The molecule has 4 amide bonds. The van der Waals surface area contributed by atoms with E-state index in [1.807, 2.05) is 27.7 Å². The number of imide groups is 1. The fourth-order valence-electron chi connectivity index (χ4n) is 3.54. The molecule has 0 bridgehead atoms. The van der Waals surface area contributed by atoms with Gasteiger partial charge in [-0.15, -0.1) is 0 Å². The molecule has 1 aromatic rings. The second-order valence-electron chi connectivity index (χ2n) is 7.66. The number of hydrogen-bond donors (Lipinski definition) is 1. The van der Waals surface area contributed by atoms with Crippen molar-refractivity contribution in [2.45, 2.75) is 71.7 Å². The highest BCUT2D eigenvalue weighted by atomic mass is 19.3. The number of carbonyl (C=O) groups excluding carboxylic acids is 3. The first-order valence-electron chi connectivity index (χ1n) is 10.1. The number of nitrogens with one attached hydrogen (secondary N) is 1. The van der Waals surface area contributed by atoms with E-state index in [4.69, 9.17) is 0 Å². The lowest BCUT2D eigenvalue weighted by Gasteiger charge is -2.35. The molecule has 1 fully saturated rings. The maximum atomic E-state index is 13.1. The fourth-order valence-corrected chi connectivity index (χ4v) is 3.54. The normalized spacial score (nSPS) is 20.9. The minimum absolute atomic E-state index is 0.0259. The SMILES string of the molecule is CC[C@H](C)N(C(=O)CN1C(=O)N[C@](C)(c2ccc(OC(F)F)cc2)C1=O)[C@@H](C)CC. The molecule has 1 saturated heterocycles. The lowest BCUT2D eigenvalue weighted by Crippen LogP contribution is -2.50. The molecule has 0 unspecified atom stereocenters. The Labute approximate surface area is 175 Å². The molecule has 0 radical (unpaired) electrons. The molecular formula is C21H29F2N3O4. The molecule has 166 valence electrons. The maximum absolute atomic E-state index is 13.1. The third-order valence-corrected chi connectivity index (χ3v) is 5.64. The van der Waals surface area contributed by atoms with Gasteiger partial charge in [0.15, 0.2) is 0 Å². The summed E-state index contributed by atoms with van der Waals surface area (Å²) in [7, 11) is 0. The van der Waals surface area contributed by atoms with E-state index in [-0.39, 0.29) is 30.3 Å². The standard InChI is InChI=1S/C21H29F2N3O4/c1-6-13(3)26(14(4)7-2)17(27)12-25-18(28)21(5,24-20(25)29)15-8-10-16(11-9-15)30-19(22)23/h8-11,13-14,19H,6-7,12H2,1-5H3,(H,24,29)/t13-,14-,21+/m0/s1. The molecule has 7 nitrogen and oxygen atoms in total. The summed E-state index contributed by atoms with van der Waals surface area (Å²) < 4.78 is 29.0. The van der Waals surface area contributed by atoms with Crippen molar-refractivity contribution < 1.29 is 27.9 Å². The molecule has 0 spiro atoms. The Morgan fingerprint density at radius 1 is 1.13 bits per heavy atom. The summed E-state index contributed by atoms with van der Waals surface area (Å²) in [5.74, 6) is -0.928. The van der Waals surface area contributed by atoms with E-state index in [9.17, 15) is 23.2 Å². The van der Waals surface area contributed by atoms with Crippen LogP contribution in [0.4, 0.5) is 13.6 Å². The van der Waals surface area contributed by atoms with Crippen molar-refractivity contribution in [3.8, 4) is 5.75 Å². The molecule has 9 heteroatoms. The number of ether oxygens (including phenoxy) is 1. The number of benzene rings is 1. The minimum Gasteiger partial charge on any atom is -0.435 e. The van der Waals surface area contributed by atoms with E-state index in [1.165, 1.54) is 31.2 Å². The Balaban J connectivity index is 2.21. The van der Waals surface area contributed by atoms with Crippen LogP contribution in [0.1, 0.15) is 53.0 Å². The molecule has 1 N–H and O–H groups in total. The molecule has 1 aliphatic heterocycles. The van der Waals surface area contributed by atoms with Gasteiger partial charge in [0.05, 0.1) is 0 Å². The summed E-state index contributed by atoms with van der Waals surface area (Å²) in [5.41, 5.74) is -1.00. The number of nitrogens with zero attached hydrogens (tertiary/aromatic N) is 2. The molecule has 1 aromatic carbocycles. The third-order valence-electron chi connectivity index (χ3n) is 5.64. The molecule has 1 heterocycles. The number of rotatable bonds is 9. The third kappa shape index (κ3) is 4.71. The number of carbonyl (C=O) groups is 3. The molecule has 1 aliphatic rings. The lowest BCUT2D eigenvalue weighted by atomic mass is 9.92. The summed E-state index contributed by atoms with van der Waals surface area (Å²) in [5, 5.41) is 2.62. The lowest BCUT2D eigenvalue weighted by molar-refractivity contribution is -0.141. The van der Waals surface area contributed by atoms with Gasteiger partial charge in [-0.1, -0.05) is 26.0 Å². The van der Waals surface area contributed by atoms with Crippen molar-refractivity contribution >= 4 is 17.8 Å². The quantitative estimate of drug-likeness (QED) is 0.615. The first-order valence-corrected chi connectivity index (χ1v) is 10.1. The Hall–Kier alpha value is -2.71. The predicted octanol–water partition coefficient (Wildman–Crippen LogP) is 3.48. The van der Waals surface area contributed by atoms with E-state index >= 15 is 0 Å². The summed E-state index contributed by atoms with van der Waals surface area (Å²) >= 11 is 0. The van der Waals surface area contributed by atoms with Gasteiger partial charge in [-0.3, -0.25) is 14.5 Å². The predicted molar refractivity (Wildman–Crippen MR) is 107 cm³/mol. The summed E-state index contributed by atoms with van der Waals surface area (Å²) in [4.78, 5) is 41.2. The van der Waals surface area contributed by atoms with E-state index in [2.05, 4.69) is 10.1 Å². The second-order valence-corrected chi connectivity index (χ2v) is 7.66. The van der Waals surface area contributed by atoms with Crippen molar-refractivity contribution in [2.24, 2.45) is 0 Å². The molecule has 0 aromatic heterocycles. The maximum Gasteiger partial charge on any atom is 0.387 e. The zero-order valence-electron chi connectivity index (χ0n) is 17.9. The van der Waals surface area contributed by atoms with Gasteiger partial charge in [0.2, 0.25) is 5.91 Å². The van der Waals surface area contributed by atoms with Crippen LogP contribution in [-0.2, 0) is 15.1 Å². The van der Waals surface area contributed by atoms with Crippen molar-refractivity contribution in [3.63, 3.8) is 0 Å². The number of hydrogen-bond acceptors (Lipinski definition) is 4. The van der Waals surface area contributed by atoms with Crippen LogP contribution in [0.15, 0.2) is 24.3 Å². The molecule has 30 heavy (non-hydrogen) atoms. The van der Waals surface area contributed by atoms with E-state index in [0.717, 1.165) is 17.7 Å². The average Bonchev–Trinajstić information content (AvgIpc) is 2.91. The summed E-state index contributed by atoms with van der Waals surface area (Å²) in [6.07, 6.45) is 1.50. The van der Waals surface area contributed by atoms with Crippen molar-refractivity contribution in [3.05, 3.63) is 29.8 Å². The molecule has 0 saturated carbocycles. The first-order chi connectivity index (χ1) is 14.0. The topological polar surface area (TPSA) is 79.0 Å². The highest BCUT2D eigenvalue weighted by molar-refractivity contribution is 6.09. The number of amides is 4. The fraction of sp³-hybridized carbons (Fsp3) is 0.571. The van der Waals surface area contributed by atoms with Crippen molar-refractivity contribution in [1.82, 2.24) is 15.1 Å². The van der Waals surface area contributed by atoms with Crippen LogP contribution in [0.25, 0.3) is 0 Å². The number of urea groups is 1. The van der Waals surface area contributed by atoms with Crippen LogP contribution in [-0.4, -0.2) is 52.9 Å². The van der Waals surface area contributed by atoms with Crippen LogP contribution < -0.4 is 10.1 Å². The van der Waals surface area contributed by atoms with Gasteiger partial charge < -0.3 is 15.0 Å². The van der Waals surface area contributed by atoms with Crippen LogP contribution in [0.2, 0.25) is 0 Å². The highest BCUT2D eigenvalue weighted by Gasteiger charge is 2.50. The molecule has 0 aliphatic carbocycles. The van der Waals surface area contributed by atoms with Crippen LogP contribution in [0.3, 0.4) is 0 Å². The first kappa shape index (κ1) is 23.6. The Morgan fingerprint density at radius 2 is 1.67 bits per heavy atom. The van der Waals surface area contributed by atoms with Gasteiger partial charge in [0.1, 0.15) is 17.8 Å². The monoisotopic (exact) mass is 425 g/mol. The van der Waals surface area contributed by atoms with Gasteiger partial charge in [0.25, 0.3) is 5.91 Å². The van der Waals surface area contributed by atoms with Gasteiger partial charge in [-0.05, 0) is 51.3 Å². The summed E-state index contributed by atoms with van der Waals surface area (Å²) in [6, 6.07) is 4.75. The van der Waals surface area contributed by atoms with Gasteiger partial charge in [0, 0.05) is 12.1 Å². The number of halogens is 2. The minimum atomic E-state index is -2.96. The molecule has 2 rings (SSSR count). The Morgan fingerprint density at radius 3 is 2.13 bits per heavy atom. The zero-order valence-corrected chi connectivity index (χ0v) is 17.9. The average molecular weight is 425 g/mol.